The summed E-state index contributed by atoms with van der Waals surface area (Å²) < 4.78 is 0. The number of rotatable bonds is 12. The maximum absolute atomic E-state index is 2.39. The normalized spacial score (nSPS) is 11.3. The molecule has 0 heterocycles. The van der Waals surface area contributed by atoms with E-state index in [1.54, 1.807) is 0 Å². The molecule has 588 valence electrons. The first kappa shape index (κ1) is 75.8. The van der Waals surface area contributed by atoms with Gasteiger partial charge in [0, 0.05) is 0 Å². The Morgan fingerprint density at radius 1 is 0.0794 bits per heavy atom. The second kappa shape index (κ2) is 33.6. The van der Waals surface area contributed by atoms with E-state index in [0.29, 0.717) is 0 Å². The molecule has 0 unspecified atom stereocenters. The zero-order valence-corrected chi connectivity index (χ0v) is 69.5. The summed E-state index contributed by atoms with van der Waals surface area (Å²) in [6, 6.07) is 185. The molecule has 126 heavy (non-hydrogen) atoms. The Morgan fingerprint density at radius 3 is 0.556 bits per heavy atom. The first-order valence-corrected chi connectivity index (χ1v) is 43.6. The van der Waals surface area contributed by atoms with Gasteiger partial charge in [-0.25, -0.2) is 0 Å². The molecule has 0 atom stereocenters. The lowest BCUT2D eigenvalue weighted by Gasteiger charge is -2.20. The first-order chi connectivity index (χ1) is 62.5. The third-order valence-electron chi connectivity index (χ3n) is 25.4. The maximum atomic E-state index is 2.39. The highest BCUT2D eigenvalue weighted by Gasteiger charge is 2.24. The van der Waals surface area contributed by atoms with Gasteiger partial charge < -0.3 is 0 Å². The van der Waals surface area contributed by atoms with Crippen LogP contribution in [-0.4, -0.2) is 0 Å². The predicted molar refractivity (Wildman–Crippen MR) is 542 cm³/mol. The van der Waals surface area contributed by atoms with Gasteiger partial charge in [-0.1, -0.05) is 479 Å². The van der Waals surface area contributed by atoms with Gasteiger partial charge in [0.15, 0.2) is 0 Å². The summed E-state index contributed by atoms with van der Waals surface area (Å²) >= 11 is 0. The summed E-state index contributed by atoms with van der Waals surface area (Å²) in [5.74, 6) is 0. The largest absolute Gasteiger partial charge is 0.0622 e. The van der Waals surface area contributed by atoms with Crippen molar-refractivity contribution in [2.24, 2.45) is 0 Å². The van der Waals surface area contributed by atoms with Crippen molar-refractivity contribution in [3.8, 4) is 134 Å². The molecule has 0 aromatic heterocycles. The Morgan fingerprint density at radius 2 is 0.262 bits per heavy atom. The molecule has 0 aliphatic heterocycles. The molecule has 24 aromatic rings. The average Bonchev–Trinajstić information content (AvgIpc) is 0.731. The Hall–Kier alpha value is -16.4. The highest BCUT2D eigenvalue weighted by Crippen LogP contribution is 2.51. The van der Waals surface area contributed by atoms with Gasteiger partial charge in [0.1, 0.15) is 0 Å². The molecular weight excluding hydrogens is 1510 g/mol. The fraction of sp³-hybridized carbons (Fsp3) is 0. The Bertz CT molecular complexity index is 7940. The second-order valence-electron chi connectivity index (χ2n) is 32.7. The van der Waals surface area contributed by atoms with Crippen molar-refractivity contribution in [2.75, 3.05) is 0 Å². The second-order valence-corrected chi connectivity index (χ2v) is 32.7. The van der Waals surface area contributed by atoms with Crippen LogP contribution < -0.4 is 0 Å². The van der Waals surface area contributed by atoms with Gasteiger partial charge in [-0.2, -0.15) is 0 Å². The fourth-order valence-corrected chi connectivity index (χ4v) is 19.5. The Labute approximate surface area is 734 Å². The van der Waals surface area contributed by atoms with Crippen molar-refractivity contribution < 1.29 is 0 Å². The fourth-order valence-electron chi connectivity index (χ4n) is 19.5. The number of hydrogen-bond donors (Lipinski definition) is 0. The first-order valence-electron chi connectivity index (χ1n) is 43.6. The molecule has 0 saturated heterocycles. The molecule has 0 heteroatoms. The number of hydrogen-bond acceptors (Lipinski definition) is 0. The van der Waals surface area contributed by atoms with Gasteiger partial charge in [-0.3, -0.25) is 0 Å². The molecule has 0 radical (unpaired) electrons. The van der Waals surface area contributed by atoms with Crippen molar-refractivity contribution in [2.45, 2.75) is 0 Å². The van der Waals surface area contributed by atoms with E-state index in [1.807, 2.05) is 0 Å². The molecule has 0 nitrogen and oxygen atoms in total. The topological polar surface area (TPSA) is 0 Å². The molecule has 0 spiro atoms. The summed E-state index contributed by atoms with van der Waals surface area (Å²) in [4.78, 5) is 0. The van der Waals surface area contributed by atoms with E-state index < -0.39 is 0 Å². The van der Waals surface area contributed by atoms with E-state index in [-0.39, 0.29) is 0 Å². The Balaban J connectivity index is 0.000000112. The molecule has 0 aliphatic carbocycles. The van der Waals surface area contributed by atoms with Gasteiger partial charge in [0.25, 0.3) is 0 Å². The molecular formula is C126H84. The zero-order valence-electron chi connectivity index (χ0n) is 69.5. The van der Waals surface area contributed by atoms with Crippen LogP contribution in [0.5, 0.6) is 0 Å². The lowest BCUT2D eigenvalue weighted by Crippen LogP contribution is -1.92. The van der Waals surface area contributed by atoms with Crippen molar-refractivity contribution >= 4 is 97.0 Å². The molecule has 0 N–H and O–H groups in total. The minimum atomic E-state index is 1.22. The molecule has 0 bridgehead atoms. The summed E-state index contributed by atoms with van der Waals surface area (Å²) in [6.07, 6.45) is 0. The van der Waals surface area contributed by atoms with Crippen LogP contribution in [0.3, 0.4) is 0 Å². The lowest BCUT2D eigenvalue weighted by molar-refractivity contribution is 1.58. The van der Waals surface area contributed by atoms with E-state index in [9.17, 15) is 0 Å². The highest BCUT2D eigenvalue weighted by molar-refractivity contribution is 6.27. The minimum absolute atomic E-state index is 1.22. The van der Waals surface area contributed by atoms with Crippen molar-refractivity contribution in [3.05, 3.63) is 510 Å². The van der Waals surface area contributed by atoms with E-state index in [1.165, 1.54) is 230 Å². The van der Waals surface area contributed by atoms with Gasteiger partial charge in [0.05, 0.1) is 0 Å². The summed E-state index contributed by atoms with van der Waals surface area (Å²) in [5.41, 5.74) is 30.0. The number of fused-ring (bicyclic) bond motifs is 9. The minimum Gasteiger partial charge on any atom is -0.0622 e. The van der Waals surface area contributed by atoms with E-state index >= 15 is 0 Å². The maximum Gasteiger partial charge on any atom is -0.00199 e. The third-order valence-corrected chi connectivity index (χ3v) is 25.4. The monoisotopic (exact) mass is 1600 g/mol. The van der Waals surface area contributed by atoms with Crippen molar-refractivity contribution in [1.82, 2.24) is 0 Å². The molecule has 24 aromatic carbocycles. The van der Waals surface area contributed by atoms with E-state index in [0.717, 1.165) is 0 Å². The molecule has 24 rings (SSSR count). The summed E-state index contributed by atoms with van der Waals surface area (Å²) in [7, 11) is 0. The van der Waals surface area contributed by atoms with Gasteiger partial charge in [0.2, 0.25) is 0 Å². The average molecular weight is 1600 g/mol. The van der Waals surface area contributed by atoms with Crippen LogP contribution in [0.1, 0.15) is 0 Å². The third kappa shape index (κ3) is 14.3. The van der Waals surface area contributed by atoms with Crippen LogP contribution in [0.4, 0.5) is 0 Å². The highest BCUT2D eigenvalue weighted by atomic mass is 14.3. The standard InChI is InChI=1S/3C42H28/c1-3-14-29(15-4-1)32-26-33(30-16-5-2-6-17-30)28-34(27-32)41-37-21-9-11-23-39(37)42(40-24-12-10-22-38(40)41)36-25-13-19-31-18-7-8-20-35(31)36;1-3-13-29(14-4-1)31-23-25-32(26-24-31)41-36-19-9-11-21-38(36)42(39-22-12-10-20-37(39)41)40-28-34(30-15-5-2-6-16-30)27-33-17-7-8-18-35(33)40;1-2-11-29(12-3-1)30-21-23-31(24-22-30)32-25-27-34(28-26-32)41-37-16-6-8-18-39(37)42(40-19-9-7-17-38(40)41)36-20-10-14-33-13-4-5-15-35(33)36/h3*1-28H. The van der Waals surface area contributed by atoms with Gasteiger partial charge >= 0.3 is 0 Å². The van der Waals surface area contributed by atoms with Crippen LogP contribution in [0.25, 0.3) is 230 Å². The lowest BCUT2D eigenvalue weighted by atomic mass is 9.83. The van der Waals surface area contributed by atoms with E-state index in [4.69, 9.17) is 0 Å². The van der Waals surface area contributed by atoms with Crippen molar-refractivity contribution in [3.63, 3.8) is 0 Å². The molecule has 0 saturated carbocycles. The van der Waals surface area contributed by atoms with Gasteiger partial charge in [-0.05, 0) is 261 Å². The van der Waals surface area contributed by atoms with E-state index in [2.05, 4.69) is 510 Å². The zero-order chi connectivity index (χ0) is 83.6. The molecule has 0 fully saturated rings. The van der Waals surface area contributed by atoms with Crippen LogP contribution in [-0.2, 0) is 0 Å². The van der Waals surface area contributed by atoms with Crippen LogP contribution >= 0.6 is 0 Å². The number of benzene rings is 24. The van der Waals surface area contributed by atoms with Crippen LogP contribution in [0, 0.1) is 0 Å². The molecule has 0 amide bonds. The Kier molecular flexibility index (Phi) is 20.2. The molecule has 0 aliphatic rings. The summed E-state index contributed by atoms with van der Waals surface area (Å²) in [5, 5.41) is 22.9. The SMILES string of the molecule is c1ccc(-c2cc(-c3ccccc3)cc(-c3c4ccccc4c(-c4cccc5ccccc45)c4ccccc34)c2)cc1.c1ccc(-c2ccc(-c3c4ccccc4c(-c4cc(-c5ccccc5)cc5ccccc45)c4ccccc34)cc2)cc1.c1ccc(-c2ccc(-c3ccc(-c4c5ccccc5c(-c5cccc6ccccc56)c5ccccc45)cc3)cc2)cc1. The van der Waals surface area contributed by atoms with Crippen LogP contribution in [0.15, 0.2) is 510 Å². The predicted octanol–water partition coefficient (Wildman–Crippen LogP) is 35.4. The van der Waals surface area contributed by atoms with Gasteiger partial charge in [-0.15, -0.1) is 0 Å². The van der Waals surface area contributed by atoms with Crippen LogP contribution in [0.2, 0.25) is 0 Å². The quantitative estimate of drug-likeness (QED) is 0.107. The summed E-state index contributed by atoms with van der Waals surface area (Å²) in [6.45, 7) is 0. The smallest absolute Gasteiger partial charge is 0.00199 e. The van der Waals surface area contributed by atoms with Crippen molar-refractivity contribution in [1.29, 1.82) is 0 Å².